The van der Waals surface area contributed by atoms with Crippen LogP contribution < -0.4 is 0 Å². The Labute approximate surface area is 36.7 Å². The largest absolute Gasteiger partial charge is 0.633 e. The van der Waals surface area contributed by atoms with Crippen molar-refractivity contribution in [3.63, 3.8) is 0 Å². The first kappa shape index (κ1) is 5.94. The molecule has 0 atom stereocenters. The number of hydrogen-bond acceptors (Lipinski definition) is 3. The molecule has 0 aromatic carbocycles. The Balaban J connectivity index is 2.63. The average Bonchev–Trinajstić information content (AvgIpc) is 1.35. The second kappa shape index (κ2) is 3.15. The predicted octanol–water partition coefficient (Wildman–Crippen LogP) is -1.01. The SMILES string of the molecule is CCOB(O)O. The summed E-state index contributed by atoms with van der Waals surface area (Å²) in [6.07, 6.45) is 0. The lowest BCUT2D eigenvalue weighted by Crippen LogP contribution is -2.15. The van der Waals surface area contributed by atoms with Gasteiger partial charge in [-0.25, -0.2) is 0 Å². The van der Waals surface area contributed by atoms with Crippen LogP contribution in [0.1, 0.15) is 6.92 Å². The van der Waals surface area contributed by atoms with Crippen molar-refractivity contribution in [1.82, 2.24) is 0 Å². The summed E-state index contributed by atoms with van der Waals surface area (Å²) < 4.78 is 4.15. The van der Waals surface area contributed by atoms with Crippen molar-refractivity contribution >= 4 is 7.32 Å². The van der Waals surface area contributed by atoms with Gasteiger partial charge in [0, 0.05) is 6.61 Å². The van der Waals surface area contributed by atoms with E-state index in [1.54, 1.807) is 6.92 Å². The number of hydrogen-bond donors (Lipinski definition) is 2. The first-order chi connectivity index (χ1) is 2.77. The Kier molecular flexibility index (Phi) is 3.12. The molecule has 3 nitrogen and oxygen atoms in total. The van der Waals surface area contributed by atoms with Crippen molar-refractivity contribution in [2.75, 3.05) is 6.61 Å². The molecule has 0 radical (unpaired) electrons. The van der Waals surface area contributed by atoms with Gasteiger partial charge in [0.2, 0.25) is 0 Å². The fraction of sp³-hybridized carbons (Fsp3) is 1.00. The highest BCUT2D eigenvalue weighted by atomic mass is 16.6. The quantitative estimate of drug-likeness (QED) is 0.427. The van der Waals surface area contributed by atoms with E-state index in [0.717, 1.165) is 0 Å². The van der Waals surface area contributed by atoms with E-state index < -0.39 is 7.32 Å². The third-order valence-electron chi connectivity index (χ3n) is 0.316. The highest BCUT2D eigenvalue weighted by Crippen LogP contribution is 1.69. The molecule has 0 saturated carbocycles. The molecule has 0 unspecified atom stereocenters. The normalized spacial score (nSPS) is 8.50. The Hall–Kier alpha value is -0.0551. The first-order valence-corrected chi connectivity index (χ1v) is 1.75. The summed E-state index contributed by atoms with van der Waals surface area (Å²) in [4.78, 5) is 0. The van der Waals surface area contributed by atoms with Gasteiger partial charge in [0.15, 0.2) is 0 Å². The third-order valence-corrected chi connectivity index (χ3v) is 0.316. The van der Waals surface area contributed by atoms with Crippen LogP contribution in [0.4, 0.5) is 0 Å². The fourth-order valence-corrected chi connectivity index (χ4v) is 0.149. The standard InChI is InChI=1S/C2H7BO3/c1-2-6-3(4)5/h4-5H,2H2,1H3. The van der Waals surface area contributed by atoms with Crippen molar-refractivity contribution in [2.24, 2.45) is 0 Å². The van der Waals surface area contributed by atoms with Gasteiger partial charge in [0.05, 0.1) is 0 Å². The minimum absolute atomic E-state index is 0.331. The van der Waals surface area contributed by atoms with Gasteiger partial charge >= 0.3 is 7.32 Å². The van der Waals surface area contributed by atoms with Gasteiger partial charge in [0.25, 0.3) is 0 Å². The molecule has 36 valence electrons. The van der Waals surface area contributed by atoms with Crippen LogP contribution in [0, 0.1) is 0 Å². The first-order valence-electron chi connectivity index (χ1n) is 1.75. The molecule has 0 saturated heterocycles. The van der Waals surface area contributed by atoms with E-state index in [2.05, 4.69) is 4.65 Å². The van der Waals surface area contributed by atoms with Crippen molar-refractivity contribution in [3.05, 3.63) is 0 Å². The zero-order valence-corrected chi connectivity index (χ0v) is 3.59. The van der Waals surface area contributed by atoms with Crippen LogP contribution in [0.25, 0.3) is 0 Å². The van der Waals surface area contributed by atoms with E-state index in [-0.39, 0.29) is 0 Å². The van der Waals surface area contributed by atoms with Crippen LogP contribution in [-0.2, 0) is 4.65 Å². The minimum atomic E-state index is -1.60. The van der Waals surface area contributed by atoms with Crippen molar-refractivity contribution < 1.29 is 14.7 Å². The lowest BCUT2D eigenvalue weighted by atomic mass is 10.3. The number of rotatable bonds is 2. The molecule has 0 heterocycles. The van der Waals surface area contributed by atoms with Gasteiger partial charge in [-0.15, -0.1) is 0 Å². The molecule has 0 bridgehead atoms. The van der Waals surface area contributed by atoms with Crippen molar-refractivity contribution in [2.45, 2.75) is 6.92 Å². The lowest BCUT2D eigenvalue weighted by molar-refractivity contribution is 0.196. The average molecular weight is 89.9 g/mol. The molecule has 0 aliphatic heterocycles. The van der Waals surface area contributed by atoms with Gasteiger partial charge < -0.3 is 14.7 Å². The second-order valence-corrected chi connectivity index (χ2v) is 0.782. The molecule has 0 aliphatic carbocycles. The topological polar surface area (TPSA) is 49.7 Å². The van der Waals surface area contributed by atoms with E-state index in [4.69, 9.17) is 10.0 Å². The van der Waals surface area contributed by atoms with Crippen LogP contribution in [-0.4, -0.2) is 24.0 Å². The van der Waals surface area contributed by atoms with Crippen LogP contribution in [0.15, 0.2) is 0 Å². The molecule has 6 heavy (non-hydrogen) atoms. The summed E-state index contributed by atoms with van der Waals surface area (Å²) in [5, 5.41) is 15.8. The highest BCUT2D eigenvalue weighted by molar-refractivity contribution is 6.32. The smallest absolute Gasteiger partial charge is 0.402 e. The third kappa shape index (κ3) is 3.94. The van der Waals surface area contributed by atoms with E-state index in [0.29, 0.717) is 6.61 Å². The van der Waals surface area contributed by atoms with Gasteiger partial charge in [-0.05, 0) is 6.92 Å². The van der Waals surface area contributed by atoms with E-state index in [1.165, 1.54) is 0 Å². The summed E-state index contributed by atoms with van der Waals surface area (Å²) >= 11 is 0. The highest BCUT2D eigenvalue weighted by Gasteiger charge is 2.03. The molecule has 4 heteroatoms. The summed E-state index contributed by atoms with van der Waals surface area (Å²) in [6, 6.07) is 0. The monoisotopic (exact) mass is 90.0 g/mol. The maximum Gasteiger partial charge on any atom is 0.633 e. The Morgan fingerprint density at radius 1 is 1.67 bits per heavy atom. The molecule has 0 aromatic heterocycles. The molecule has 2 N–H and O–H groups in total. The maximum atomic E-state index is 7.89. The molecule has 0 aliphatic rings. The van der Waals surface area contributed by atoms with Crippen molar-refractivity contribution in [1.29, 1.82) is 0 Å². The van der Waals surface area contributed by atoms with Crippen LogP contribution in [0.5, 0.6) is 0 Å². The van der Waals surface area contributed by atoms with Gasteiger partial charge in [-0.1, -0.05) is 0 Å². The maximum absolute atomic E-state index is 7.89. The van der Waals surface area contributed by atoms with E-state index in [9.17, 15) is 0 Å². The Morgan fingerprint density at radius 3 is 2.17 bits per heavy atom. The summed E-state index contributed by atoms with van der Waals surface area (Å²) in [5.41, 5.74) is 0. The second-order valence-electron chi connectivity index (χ2n) is 0.782. The molecule has 0 aromatic rings. The molecular formula is C2H7BO3. The summed E-state index contributed by atoms with van der Waals surface area (Å²) in [7, 11) is -1.60. The van der Waals surface area contributed by atoms with Gasteiger partial charge in [-0.2, -0.15) is 0 Å². The zero-order valence-electron chi connectivity index (χ0n) is 3.59. The van der Waals surface area contributed by atoms with E-state index >= 15 is 0 Å². The Bertz CT molecular complexity index is 30.0. The van der Waals surface area contributed by atoms with Gasteiger partial charge in [-0.3, -0.25) is 0 Å². The molecule has 0 fully saturated rings. The Morgan fingerprint density at radius 2 is 2.17 bits per heavy atom. The summed E-state index contributed by atoms with van der Waals surface area (Å²) in [5.74, 6) is 0. The van der Waals surface area contributed by atoms with Crippen molar-refractivity contribution in [3.8, 4) is 0 Å². The van der Waals surface area contributed by atoms with Crippen LogP contribution in [0.3, 0.4) is 0 Å². The predicted molar refractivity (Wildman–Crippen MR) is 21.8 cm³/mol. The molecule has 0 spiro atoms. The molecule has 0 amide bonds. The van der Waals surface area contributed by atoms with Crippen LogP contribution >= 0.6 is 0 Å². The van der Waals surface area contributed by atoms with E-state index in [1.807, 2.05) is 0 Å². The minimum Gasteiger partial charge on any atom is -0.402 e. The molecule has 0 rings (SSSR count). The summed E-state index contributed by atoms with van der Waals surface area (Å²) in [6.45, 7) is 2.01. The van der Waals surface area contributed by atoms with Gasteiger partial charge in [0.1, 0.15) is 0 Å². The molecular weight excluding hydrogens is 82.8 g/mol. The lowest BCUT2D eigenvalue weighted by Gasteiger charge is -1.91. The zero-order chi connectivity index (χ0) is 4.99. The van der Waals surface area contributed by atoms with Crippen LogP contribution in [0.2, 0.25) is 0 Å². The fourth-order valence-electron chi connectivity index (χ4n) is 0.149.